The Morgan fingerprint density at radius 3 is 2.64 bits per heavy atom. The summed E-state index contributed by atoms with van der Waals surface area (Å²) in [5.41, 5.74) is -0.262. The minimum absolute atomic E-state index is 0.354. The molecule has 0 aliphatic carbocycles. The van der Waals surface area contributed by atoms with Gasteiger partial charge in [0, 0.05) is 11.5 Å². The van der Waals surface area contributed by atoms with E-state index in [4.69, 9.17) is 23.2 Å². The highest BCUT2D eigenvalue weighted by Gasteiger charge is 2.09. The van der Waals surface area contributed by atoms with E-state index >= 15 is 0 Å². The summed E-state index contributed by atoms with van der Waals surface area (Å²) in [6.07, 6.45) is 0.435. The Balaban J connectivity index is 3.74. The zero-order chi connectivity index (χ0) is 8.85. The molecule has 11 heavy (non-hydrogen) atoms. The number of hydrogen-bond donors (Lipinski definition) is 0. The summed E-state index contributed by atoms with van der Waals surface area (Å²) < 4.78 is 4.63. The van der Waals surface area contributed by atoms with Gasteiger partial charge in [-0.25, -0.2) is 4.79 Å². The minimum atomic E-state index is -0.616. The zero-order valence-electron chi connectivity index (χ0n) is 6.27. The highest BCUT2D eigenvalue weighted by Crippen LogP contribution is 2.06. The molecule has 0 heterocycles. The van der Waals surface area contributed by atoms with E-state index in [0.29, 0.717) is 17.9 Å². The van der Waals surface area contributed by atoms with Crippen molar-refractivity contribution in [2.75, 3.05) is 5.88 Å². The molecule has 2 nitrogen and oxygen atoms in total. The average molecular weight is 197 g/mol. The molecular formula is C7H10Cl2O2. The lowest BCUT2D eigenvalue weighted by Gasteiger charge is -2.06. The summed E-state index contributed by atoms with van der Waals surface area (Å²) in [7, 11) is 0. The van der Waals surface area contributed by atoms with E-state index in [1.807, 2.05) is 0 Å². The Morgan fingerprint density at radius 1 is 1.73 bits per heavy atom. The number of alkyl halides is 2. The van der Waals surface area contributed by atoms with Gasteiger partial charge in [0.1, 0.15) is 0 Å². The Bertz CT molecular complexity index is 155. The number of halogens is 2. The normalized spacial score (nSPS) is 12.3. The van der Waals surface area contributed by atoms with Gasteiger partial charge in [0.05, 0.1) is 0 Å². The second kappa shape index (κ2) is 5.44. The molecule has 0 saturated heterocycles. The van der Waals surface area contributed by atoms with Crippen LogP contribution in [0.3, 0.4) is 0 Å². The monoisotopic (exact) mass is 196 g/mol. The average Bonchev–Trinajstić information content (AvgIpc) is 1.86. The van der Waals surface area contributed by atoms with Crippen molar-refractivity contribution in [1.82, 2.24) is 0 Å². The fourth-order valence-corrected chi connectivity index (χ4v) is 0.756. The summed E-state index contributed by atoms with van der Waals surface area (Å²) in [4.78, 5) is 10.9. The molecule has 0 amide bonds. The van der Waals surface area contributed by atoms with Crippen LogP contribution in [-0.2, 0) is 9.53 Å². The van der Waals surface area contributed by atoms with Crippen molar-refractivity contribution in [2.24, 2.45) is 0 Å². The van der Waals surface area contributed by atoms with Gasteiger partial charge in [-0.1, -0.05) is 18.2 Å². The summed E-state index contributed by atoms with van der Waals surface area (Å²) >= 11 is 10.8. The van der Waals surface area contributed by atoms with Crippen LogP contribution in [0.25, 0.3) is 0 Å². The first-order chi connectivity index (χ1) is 5.07. The van der Waals surface area contributed by atoms with Gasteiger partial charge in [0.15, 0.2) is 5.56 Å². The fraction of sp³-hybridized carbons (Fsp3) is 0.571. The molecule has 0 radical (unpaired) electrons. The van der Waals surface area contributed by atoms with E-state index in [9.17, 15) is 4.79 Å². The van der Waals surface area contributed by atoms with Crippen molar-refractivity contribution in [1.29, 1.82) is 0 Å². The van der Waals surface area contributed by atoms with Crippen LogP contribution in [0.2, 0.25) is 0 Å². The predicted octanol–water partition coefficient (Wildman–Crippen LogP) is 2.30. The smallest absolute Gasteiger partial charge is 0.334 e. The molecule has 0 N–H and O–H groups in total. The third-order valence-electron chi connectivity index (χ3n) is 0.954. The topological polar surface area (TPSA) is 26.3 Å². The Labute approximate surface area is 76.1 Å². The third kappa shape index (κ3) is 5.10. The van der Waals surface area contributed by atoms with Crippen molar-refractivity contribution < 1.29 is 9.53 Å². The number of carbonyl (C=O) groups is 1. The molecule has 0 fully saturated rings. The largest absolute Gasteiger partial charge is 0.443 e. The zero-order valence-corrected chi connectivity index (χ0v) is 7.78. The van der Waals surface area contributed by atoms with Gasteiger partial charge in [-0.05, 0) is 13.3 Å². The maximum Gasteiger partial charge on any atom is 0.334 e. The lowest BCUT2D eigenvalue weighted by atomic mass is 10.2. The van der Waals surface area contributed by atoms with Crippen LogP contribution in [0.1, 0.15) is 13.3 Å². The van der Waals surface area contributed by atoms with Gasteiger partial charge >= 0.3 is 5.97 Å². The molecular weight excluding hydrogens is 187 g/mol. The highest BCUT2D eigenvalue weighted by molar-refractivity contribution is 6.20. The SMILES string of the molecule is C=C(CCCl)C(=O)OC(C)Cl. The maximum absolute atomic E-state index is 10.9. The second-order valence-electron chi connectivity index (χ2n) is 1.99. The number of esters is 1. The van der Waals surface area contributed by atoms with Crippen molar-refractivity contribution in [3.63, 3.8) is 0 Å². The van der Waals surface area contributed by atoms with Crippen LogP contribution in [0.15, 0.2) is 12.2 Å². The van der Waals surface area contributed by atoms with Gasteiger partial charge in [0.2, 0.25) is 0 Å². The standard InChI is InChI=1S/C7H10Cl2O2/c1-5(3-4-8)7(10)11-6(2)9/h6H,1,3-4H2,2H3. The Morgan fingerprint density at radius 2 is 2.27 bits per heavy atom. The molecule has 4 heteroatoms. The molecule has 1 unspecified atom stereocenters. The summed E-state index contributed by atoms with van der Waals surface area (Å²) in [5, 5.41) is 0. The Kier molecular flexibility index (Phi) is 5.34. The van der Waals surface area contributed by atoms with Crippen LogP contribution in [0, 0.1) is 0 Å². The molecule has 64 valence electrons. The van der Waals surface area contributed by atoms with Gasteiger partial charge in [-0.2, -0.15) is 0 Å². The van der Waals surface area contributed by atoms with Crippen molar-refractivity contribution >= 4 is 29.2 Å². The number of carbonyl (C=O) groups excluding carboxylic acids is 1. The van der Waals surface area contributed by atoms with Crippen LogP contribution < -0.4 is 0 Å². The molecule has 0 aromatic carbocycles. The summed E-state index contributed by atoms with van der Waals surface area (Å²) in [6, 6.07) is 0. The van der Waals surface area contributed by atoms with E-state index < -0.39 is 11.5 Å². The van der Waals surface area contributed by atoms with Crippen molar-refractivity contribution in [2.45, 2.75) is 18.9 Å². The van der Waals surface area contributed by atoms with E-state index in [2.05, 4.69) is 11.3 Å². The molecule has 0 aliphatic rings. The molecule has 0 aromatic heterocycles. The minimum Gasteiger partial charge on any atom is -0.443 e. The second-order valence-corrected chi connectivity index (χ2v) is 2.98. The lowest BCUT2D eigenvalue weighted by Crippen LogP contribution is -2.11. The van der Waals surface area contributed by atoms with Gasteiger partial charge in [-0.15, -0.1) is 11.6 Å². The highest BCUT2D eigenvalue weighted by atomic mass is 35.5. The van der Waals surface area contributed by atoms with Crippen molar-refractivity contribution in [3.05, 3.63) is 12.2 Å². The molecule has 0 saturated carbocycles. The number of rotatable bonds is 4. The quantitative estimate of drug-likeness (QED) is 0.392. The Hall–Kier alpha value is -0.210. The van der Waals surface area contributed by atoms with Crippen molar-refractivity contribution in [3.8, 4) is 0 Å². The molecule has 0 spiro atoms. The fourth-order valence-electron chi connectivity index (χ4n) is 0.447. The van der Waals surface area contributed by atoms with Crippen LogP contribution in [0.4, 0.5) is 0 Å². The molecule has 0 aromatic rings. The van der Waals surface area contributed by atoms with E-state index in [0.717, 1.165) is 0 Å². The molecule has 1 atom stereocenters. The molecule has 0 aliphatic heterocycles. The number of ether oxygens (including phenoxy) is 1. The molecule has 0 bridgehead atoms. The third-order valence-corrected chi connectivity index (χ3v) is 1.23. The van der Waals surface area contributed by atoms with Gasteiger partial charge in [-0.3, -0.25) is 0 Å². The van der Waals surface area contributed by atoms with Crippen LogP contribution in [-0.4, -0.2) is 17.4 Å². The van der Waals surface area contributed by atoms with E-state index in [1.54, 1.807) is 6.92 Å². The van der Waals surface area contributed by atoms with Gasteiger partial charge in [0.25, 0.3) is 0 Å². The van der Waals surface area contributed by atoms with E-state index in [-0.39, 0.29) is 0 Å². The first-order valence-electron chi connectivity index (χ1n) is 3.16. The van der Waals surface area contributed by atoms with Gasteiger partial charge < -0.3 is 4.74 Å². The summed E-state index contributed by atoms with van der Waals surface area (Å²) in [5.74, 6) is -0.113. The predicted molar refractivity (Wildman–Crippen MR) is 45.9 cm³/mol. The molecule has 0 rings (SSSR count). The van der Waals surface area contributed by atoms with Crippen LogP contribution in [0.5, 0.6) is 0 Å². The van der Waals surface area contributed by atoms with Crippen LogP contribution >= 0.6 is 23.2 Å². The van der Waals surface area contributed by atoms with E-state index in [1.165, 1.54) is 0 Å². The number of hydrogen-bond acceptors (Lipinski definition) is 2. The maximum atomic E-state index is 10.9. The first kappa shape index (κ1) is 10.8. The first-order valence-corrected chi connectivity index (χ1v) is 4.13. The lowest BCUT2D eigenvalue weighted by molar-refractivity contribution is -0.140. The summed E-state index contributed by atoms with van der Waals surface area (Å²) in [6.45, 7) is 5.04.